The Labute approximate surface area is 92.2 Å². The first-order chi connectivity index (χ1) is 7.66. The van der Waals surface area contributed by atoms with E-state index in [1.807, 2.05) is 31.2 Å². The fraction of sp³-hybridized carbons (Fsp3) is 0.167. The number of hydrogen-bond donors (Lipinski definition) is 0. The fourth-order valence-corrected chi connectivity index (χ4v) is 1.43. The summed E-state index contributed by atoms with van der Waals surface area (Å²) in [6.07, 6.45) is 2.26. The summed E-state index contributed by atoms with van der Waals surface area (Å²) < 4.78 is 14.2. The van der Waals surface area contributed by atoms with Crippen molar-refractivity contribution in [2.24, 2.45) is 0 Å². The van der Waals surface area contributed by atoms with E-state index in [9.17, 15) is 9.18 Å². The Morgan fingerprint density at radius 2 is 2.00 bits per heavy atom. The lowest BCUT2D eigenvalue weighted by Crippen LogP contribution is -2.23. The number of rotatable bonds is 2. The molecule has 1 aromatic heterocycles. The molecule has 1 aromatic carbocycles. The second-order valence-corrected chi connectivity index (χ2v) is 3.66. The summed E-state index contributed by atoms with van der Waals surface area (Å²) in [6, 6.07) is 7.72. The van der Waals surface area contributed by atoms with Crippen LogP contribution in [0.4, 0.5) is 4.39 Å². The van der Waals surface area contributed by atoms with Crippen molar-refractivity contribution in [1.29, 1.82) is 0 Å². The second-order valence-electron chi connectivity index (χ2n) is 3.66. The van der Waals surface area contributed by atoms with Gasteiger partial charge < -0.3 is 0 Å². The van der Waals surface area contributed by atoms with Crippen LogP contribution < -0.4 is 5.56 Å². The van der Waals surface area contributed by atoms with Gasteiger partial charge in [0, 0.05) is 0 Å². The summed E-state index contributed by atoms with van der Waals surface area (Å²) in [4.78, 5) is 15.0. The molecule has 0 amide bonds. The predicted octanol–water partition coefficient (Wildman–Crippen LogP) is 1.74. The molecule has 2 rings (SSSR count). The smallest absolute Gasteiger partial charge is 0.289 e. The van der Waals surface area contributed by atoms with Crippen molar-refractivity contribution in [1.82, 2.24) is 9.55 Å². The summed E-state index contributed by atoms with van der Waals surface area (Å²) in [7, 11) is 0. The van der Waals surface area contributed by atoms with Gasteiger partial charge in [0.1, 0.15) is 0 Å². The zero-order valence-corrected chi connectivity index (χ0v) is 8.85. The monoisotopic (exact) mass is 218 g/mol. The van der Waals surface area contributed by atoms with Crippen molar-refractivity contribution in [3.63, 3.8) is 0 Å². The molecule has 3 nitrogen and oxygen atoms in total. The molecule has 1 heterocycles. The first kappa shape index (κ1) is 10.5. The maximum atomic E-state index is 13.0. The molecule has 0 spiro atoms. The highest BCUT2D eigenvalue weighted by molar-refractivity contribution is 5.21. The molecule has 0 atom stereocenters. The van der Waals surface area contributed by atoms with Gasteiger partial charge in [0.2, 0.25) is 5.82 Å². The number of aromatic nitrogens is 2. The average Bonchev–Trinajstić information content (AvgIpc) is 2.28. The summed E-state index contributed by atoms with van der Waals surface area (Å²) in [5.74, 6) is -0.824. The molecule has 2 aromatic rings. The largest absolute Gasteiger partial charge is 0.292 e. The third kappa shape index (κ3) is 2.16. The van der Waals surface area contributed by atoms with Crippen molar-refractivity contribution in [2.75, 3.05) is 0 Å². The number of benzene rings is 1. The van der Waals surface area contributed by atoms with Crippen LogP contribution in [0.3, 0.4) is 0 Å². The minimum absolute atomic E-state index is 0.337. The molecule has 0 saturated heterocycles. The standard InChI is InChI=1S/C12H11FN2O/c1-9-2-4-10(5-3-9)7-15-8-14-6-11(13)12(15)16/h2-6,8H,7H2,1H3. The Hall–Kier alpha value is -1.97. The first-order valence-corrected chi connectivity index (χ1v) is 4.92. The van der Waals surface area contributed by atoms with E-state index in [0.717, 1.165) is 17.3 Å². The molecule has 0 unspecified atom stereocenters. The van der Waals surface area contributed by atoms with Crippen LogP contribution in [-0.2, 0) is 6.54 Å². The third-order valence-corrected chi connectivity index (χ3v) is 2.33. The third-order valence-electron chi connectivity index (χ3n) is 2.33. The van der Waals surface area contributed by atoms with E-state index in [-0.39, 0.29) is 0 Å². The summed E-state index contributed by atoms with van der Waals surface area (Å²) >= 11 is 0. The maximum Gasteiger partial charge on any atom is 0.289 e. The van der Waals surface area contributed by atoms with Gasteiger partial charge in [-0.2, -0.15) is 4.39 Å². The van der Waals surface area contributed by atoms with Gasteiger partial charge in [-0.3, -0.25) is 9.36 Å². The van der Waals surface area contributed by atoms with Gasteiger partial charge in [-0.05, 0) is 12.5 Å². The van der Waals surface area contributed by atoms with E-state index in [1.54, 1.807) is 0 Å². The quantitative estimate of drug-likeness (QED) is 0.769. The molecule has 0 saturated carbocycles. The molecule has 0 aliphatic heterocycles. The van der Waals surface area contributed by atoms with Crippen molar-refractivity contribution in [2.45, 2.75) is 13.5 Å². The Morgan fingerprint density at radius 3 is 2.69 bits per heavy atom. The first-order valence-electron chi connectivity index (χ1n) is 4.92. The summed E-state index contributed by atoms with van der Waals surface area (Å²) in [5, 5.41) is 0. The highest BCUT2D eigenvalue weighted by Crippen LogP contribution is 2.04. The van der Waals surface area contributed by atoms with E-state index in [1.165, 1.54) is 10.9 Å². The summed E-state index contributed by atoms with van der Waals surface area (Å²) in [6.45, 7) is 2.32. The van der Waals surface area contributed by atoms with Gasteiger partial charge in [-0.1, -0.05) is 29.8 Å². The molecule has 0 bridgehead atoms. The number of nitrogens with zero attached hydrogens (tertiary/aromatic N) is 2. The van der Waals surface area contributed by atoms with E-state index in [0.29, 0.717) is 6.54 Å². The SMILES string of the molecule is Cc1ccc(Cn2cncc(F)c2=O)cc1. The van der Waals surface area contributed by atoms with Gasteiger partial charge in [0.05, 0.1) is 19.1 Å². The molecule has 82 valence electrons. The zero-order chi connectivity index (χ0) is 11.5. The molecule has 0 N–H and O–H groups in total. The van der Waals surface area contributed by atoms with Crippen molar-refractivity contribution >= 4 is 0 Å². The van der Waals surface area contributed by atoms with Crippen LogP contribution in [-0.4, -0.2) is 9.55 Å². The number of aryl methyl sites for hydroxylation is 1. The average molecular weight is 218 g/mol. The Bertz CT molecular complexity index is 546. The highest BCUT2D eigenvalue weighted by atomic mass is 19.1. The molecule has 0 fully saturated rings. The lowest BCUT2D eigenvalue weighted by molar-refractivity contribution is 0.568. The minimum Gasteiger partial charge on any atom is -0.292 e. The number of halogens is 1. The van der Waals surface area contributed by atoms with Gasteiger partial charge in [-0.15, -0.1) is 0 Å². The summed E-state index contributed by atoms with van der Waals surface area (Å²) in [5.41, 5.74) is 1.45. The van der Waals surface area contributed by atoms with Gasteiger partial charge in [0.25, 0.3) is 5.56 Å². The van der Waals surface area contributed by atoms with E-state index < -0.39 is 11.4 Å². The van der Waals surface area contributed by atoms with Gasteiger partial charge >= 0.3 is 0 Å². The minimum atomic E-state index is -0.824. The van der Waals surface area contributed by atoms with Crippen LogP contribution in [0.25, 0.3) is 0 Å². The van der Waals surface area contributed by atoms with Crippen molar-refractivity contribution in [3.05, 3.63) is 64.1 Å². The van der Waals surface area contributed by atoms with Crippen LogP contribution in [0.15, 0.2) is 41.6 Å². The predicted molar refractivity (Wildman–Crippen MR) is 58.7 cm³/mol. The van der Waals surface area contributed by atoms with E-state index in [2.05, 4.69) is 4.98 Å². The molecule has 0 aliphatic rings. The van der Waals surface area contributed by atoms with Gasteiger partial charge in [0.15, 0.2) is 0 Å². The topological polar surface area (TPSA) is 34.9 Å². The molecule has 4 heteroatoms. The van der Waals surface area contributed by atoms with Gasteiger partial charge in [-0.25, -0.2) is 4.98 Å². The molecule has 0 radical (unpaired) electrons. The Balaban J connectivity index is 2.31. The molecule has 16 heavy (non-hydrogen) atoms. The Morgan fingerprint density at radius 1 is 1.31 bits per heavy atom. The lowest BCUT2D eigenvalue weighted by atomic mass is 10.1. The zero-order valence-electron chi connectivity index (χ0n) is 8.85. The molecular formula is C12H11FN2O. The highest BCUT2D eigenvalue weighted by Gasteiger charge is 2.02. The van der Waals surface area contributed by atoms with Crippen molar-refractivity contribution in [3.8, 4) is 0 Å². The van der Waals surface area contributed by atoms with Crippen LogP contribution in [0.1, 0.15) is 11.1 Å². The van der Waals surface area contributed by atoms with E-state index >= 15 is 0 Å². The fourth-order valence-electron chi connectivity index (χ4n) is 1.43. The van der Waals surface area contributed by atoms with Crippen LogP contribution in [0, 0.1) is 12.7 Å². The van der Waals surface area contributed by atoms with Crippen LogP contribution in [0.5, 0.6) is 0 Å². The van der Waals surface area contributed by atoms with Crippen molar-refractivity contribution < 1.29 is 4.39 Å². The Kier molecular flexibility index (Phi) is 2.81. The maximum absolute atomic E-state index is 13.0. The van der Waals surface area contributed by atoms with E-state index in [4.69, 9.17) is 0 Å². The number of hydrogen-bond acceptors (Lipinski definition) is 2. The lowest BCUT2D eigenvalue weighted by Gasteiger charge is -2.05. The second kappa shape index (κ2) is 4.26. The molecule has 0 aliphatic carbocycles. The van der Waals surface area contributed by atoms with Crippen LogP contribution in [0.2, 0.25) is 0 Å². The van der Waals surface area contributed by atoms with Crippen LogP contribution >= 0.6 is 0 Å². The molecular weight excluding hydrogens is 207 g/mol. The normalized spacial score (nSPS) is 10.4.